The van der Waals surface area contributed by atoms with Gasteiger partial charge in [-0.25, -0.2) is 4.98 Å². The fourth-order valence-electron chi connectivity index (χ4n) is 4.41. The predicted molar refractivity (Wildman–Crippen MR) is 145 cm³/mol. The number of benzene rings is 3. The van der Waals surface area contributed by atoms with Gasteiger partial charge in [0.2, 0.25) is 5.71 Å². The highest BCUT2D eigenvalue weighted by Crippen LogP contribution is 2.37. The summed E-state index contributed by atoms with van der Waals surface area (Å²) in [5, 5.41) is 1.29. The largest absolute Gasteiger partial charge is 0.437 e. The second-order valence-electron chi connectivity index (χ2n) is 8.58. The number of hydrogen-bond acceptors (Lipinski definition) is 3. The van der Waals surface area contributed by atoms with E-state index < -0.39 is 20.6 Å². The molecule has 0 fully saturated rings. The summed E-state index contributed by atoms with van der Waals surface area (Å²) in [6, 6.07) is 22.7. The summed E-state index contributed by atoms with van der Waals surface area (Å²) in [7, 11) is 0. The topological polar surface area (TPSA) is 38.9 Å². The van der Waals surface area contributed by atoms with E-state index in [9.17, 15) is 0 Å². The van der Waals surface area contributed by atoms with Crippen molar-refractivity contribution < 1.29 is 16.8 Å². The van der Waals surface area contributed by atoms with Gasteiger partial charge in [-0.3, -0.25) is 4.98 Å². The Bertz CT molecular complexity index is 2040. The molecular formula is C32H26N2O. The first-order valence-corrected chi connectivity index (χ1v) is 11.2. The molecule has 3 heteroatoms. The van der Waals surface area contributed by atoms with E-state index in [-0.39, 0.29) is 33.7 Å². The average molecular weight is 464 g/mol. The number of pyridine rings is 2. The normalized spacial score (nSPS) is 16.3. The molecule has 3 heterocycles. The van der Waals surface area contributed by atoms with E-state index in [0.717, 1.165) is 11.1 Å². The fraction of sp³-hybridized carbons (Fsp3) is 0.125. The van der Waals surface area contributed by atoms with Crippen LogP contribution in [0.2, 0.25) is 0 Å². The van der Waals surface area contributed by atoms with Crippen LogP contribution >= 0.6 is 0 Å². The molecule has 6 rings (SSSR count). The van der Waals surface area contributed by atoms with E-state index >= 15 is 0 Å². The third-order valence-corrected chi connectivity index (χ3v) is 6.24. The summed E-state index contributed by atoms with van der Waals surface area (Å²) < 4.78 is 78.9. The van der Waals surface area contributed by atoms with Gasteiger partial charge in [-0.1, -0.05) is 60.2 Å². The Balaban J connectivity index is 1.57. The fourth-order valence-corrected chi connectivity index (χ4v) is 4.41. The third kappa shape index (κ3) is 3.70. The molecule has 0 saturated carbocycles. The molecule has 0 amide bonds. The predicted octanol–water partition coefficient (Wildman–Crippen LogP) is 8.61. The first-order chi connectivity index (χ1) is 20.6. The van der Waals surface area contributed by atoms with Crippen molar-refractivity contribution in [2.24, 2.45) is 0 Å². The van der Waals surface area contributed by atoms with E-state index in [1.807, 2.05) is 37.3 Å². The molecule has 0 atom stereocenters. The van der Waals surface area contributed by atoms with Crippen molar-refractivity contribution in [2.75, 3.05) is 0 Å². The van der Waals surface area contributed by atoms with Crippen molar-refractivity contribution in [3.63, 3.8) is 0 Å². The van der Waals surface area contributed by atoms with E-state index in [0.29, 0.717) is 33.2 Å². The number of aromatic nitrogens is 2. The molecule has 170 valence electrons. The van der Waals surface area contributed by atoms with Crippen molar-refractivity contribution in [1.29, 1.82) is 0 Å². The van der Waals surface area contributed by atoms with Crippen LogP contribution in [-0.2, 0) is 0 Å². The van der Waals surface area contributed by atoms with Crippen LogP contribution in [0.1, 0.15) is 34.7 Å². The van der Waals surface area contributed by atoms with Crippen molar-refractivity contribution in [3.05, 3.63) is 107 Å². The minimum atomic E-state index is -2.58. The summed E-state index contributed by atoms with van der Waals surface area (Å²) in [4.78, 5) is 8.69. The SMILES string of the molecule is [2H]C([2H])([2H])c1ccc2c(n1)oc1c(-c3cc(-c4ccc(-c5ccc(C)cc5)cc4C([2H])([2H])[2H])c(C([2H])([2H])[2H])cn3)cccc12. The second-order valence-corrected chi connectivity index (χ2v) is 8.58. The van der Waals surface area contributed by atoms with Crippen LogP contribution in [0, 0.1) is 27.5 Å². The molecule has 6 aromatic rings. The molecule has 3 aromatic carbocycles. The van der Waals surface area contributed by atoms with Gasteiger partial charge in [-0.15, -0.1) is 0 Å². The molecule has 0 unspecified atom stereocenters. The monoisotopic (exact) mass is 463 g/mol. The Kier molecular flexibility index (Phi) is 3.19. The lowest BCUT2D eigenvalue weighted by atomic mass is 9.93. The highest BCUT2D eigenvalue weighted by atomic mass is 16.3. The zero-order valence-corrected chi connectivity index (χ0v) is 18.9. The number of furan rings is 1. The van der Waals surface area contributed by atoms with Crippen molar-refractivity contribution >= 4 is 22.1 Å². The maximum atomic E-state index is 8.35. The molecule has 35 heavy (non-hydrogen) atoms. The summed E-state index contributed by atoms with van der Waals surface area (Å²) >= 11 is 0. The van der Waals surface area contributed by atoms with E-state index in [1.54, 1.807) is 42.5 Å². The Morgan fingerprint density at radius 3 is 2.40 bits per heavy atom. The van der Waals surface area contributed by atoms with Gasteiger partial charge < -0.3 is 4.42 Å². The Hall–Kier alpha value is -4.24. The molecule has 0 spiro atoms. The van der Waals surface area contributed by atoms with Crippen LogP contribution in [0.25, 0.3) is 55.6 Å². The van der Waals surface area contributed by atoms with Crippen molar-refractivity contribution in [2.45, 2.75) is 27.5 Å². The van der Waals surface area contributed by atoms with Crippen LogP contribution in [0.5, 0.6) is 0 Å². The van der Waals surface area contributed by atoms with Gasteiger partial charge in [0.25, 0.3) is 0 Å². The molecule has 3 aromatic heterocycles. The molecule has 0 aliphatic rings. The van der Waals surface area contributed by atoms with Crippen LogP contribution in [0.4, 0.5) is 0 Å². The number of aryl methyl sites for hydroxylation is 4. The van der Waals surface area contributed by atoms with Gasteiger partial charge in [0.15, 0.2) is 0 Å². The minimum absolute atomic E-state index is 0.0153. The summed E-state index contributed by atoms with van der Waals surface area (Å²) in [5.41, 5.74) is 4.32. The smallest absolute Gasteiger partial charge is 0.227 e. The van der Waals surface area contributed by atoms with Crippen LogP contribution in [0.15, 0.2) is 89.5 Å². The number of rotatable bonds is 3. The summed E-state index contributed by atoms with van der Waals surface area (Å²) in [6.07, 6.45) is 1.25. The van der Waals surface area contributed by atoms with Gasteiger partial charge in [-0.2, -0.15) is 0 Å². The molecule has 0 saturated heterocycles. The molecule has 0 radical (unpaired) electrons. The number of nitrogens with zero attached hydrogens (tertiary/aromatic N) is 2. The lowest BCUT2D eigenvalue weighted by molar-refractivity contribution is 0.653. The standard InChI is InChI=1S/C32H26N2O/c1-19-8-11-23(12-9-19)24-13-15-25(20(2)16-24)29-17-30(33-18-21(29)3)28-7-5-6-26-27-14-10-22(4)34-32(27)35-31(26)28/h5-18H,1-4H3/i2D3,3D3,4D3. The number of para-hydroxylation sites is 1. The van der Waals surface area contributed by atoms with Crippen molar-refractivity contribution in [1.82, 2.24) is 9.97 Å². The van der Waals surface area contributed by atoms with Gasteiger partial charge >= 0.3 is 0 Å². The first kappa shape index (κ1) is 13.6. The zero-order valence-electron chi connectivity index (χ0n) is 27.9. The number of fused-ring (bicyclic) bond motifs is 3. The highest BCUT2D eigenvalue weighted by Gasteiger charge is 2.16. The Morgan fingerprint density at radius 2 is 1.57 bits per heavy atom. The van der Waals surface area contributed by atoms with Gasteiger partial charge in [-0.05, 0) is 85.1 Å². The quantitative estimate of drug-likeness (QED) is 0.264. The summed E-state index contributed by atoms with van der Waals surface area (Å²) in [6.45, 7) is -5.57. The Labute approximate surface area is 217 Å². The van der Waals surface area contributed by atoms with E-state index in [2.05, 4.69) is 9.97 Å². The Morgan fingerprint density at radius 1 is 0.714 bits per heavy atom. The van der Waals surface area contributed by atoms with E-state index in [4.69, 9.17) is 16.8 Å². The lowest BCUT2D eigenvalue weighted by Gasteiger charge is -2.13. The zero-order chi connectivity index (χ0) is 31.6. The third-order valence-electron chi connectivity index (χ3n) is 6.24. The molecule has 0 aliphatic carbocycles. The molecule has 3 nitrogen and oxygen atoms in total. The van der Waals surface area contributed by atoms with Crippen LogP contribution in [0.3, 0.4) is 0 Å². The van der Waals surface area contributed by atoms with Gasteiger partial charge in [0.05, 0.1) is 5.69 Å². The molecular weight excluding hydrogens is 428 g/mol. The van der Waals surface area contributed by atoms with E-state index in [1.165, 1.54) is 12.3 Å². The minimum Gasteiger partial charge on any atom is -0.437 e. The highest BCUT2D eigenvalue weighted by molar-refractivity contribution is 6.08. The molecule has 0 bridgehead atoms. The average Bonchev–Trinajstić information content (AvgIpc) is 3.34. The lowest BCUT2D eigenvalue weighted by Crippen LogP contribution is -1.92. The van der Waals surface area contributed by atoms with Gasteiger partial charge in [0, 0.05) is 40.6 Å². The van der Waals surface area contributed by atoms with Crippen LogP contribution in [-0.4, -0.2) is 9.97 Å². The maximum absolute atomic E-state index is 8.35. The van der Waals surface area contributed by atoms with Crippen molar-refractivity contribution in [3.8, 4) is 33.5 Å². The first-order valence-electron chi connectivity index (χ1n) is 15.7. The molecule has 0 N–H and O–H groups in total. The second kappa shape index (κ2) is 8.21. The van der Waals surface area contributed by atoms with Crippen LogP contribution < -0.4 is 0 Å². The summed E-state index contributed by atoms with van der Waals surface area (Å²) in [5.74, 6) is 0. The maximum Gasteiger partial charge on any atom is 0.227 e. The van der Waals surface area contributed by atoms with Gasteiger partial charge in [0.1, 0.15) is 5.58 Å². The number of hydrogen-bond donors (Lipinski definition) is 0. The molecule has 0 aliphatic heterocycles.